The second kappa shape index (κ2) is 7.02. The molecule has 2 aromatic rings. The molecule has 2 rings (SSSR count). The van der Waals surface area contributed by atoms with Gasteiger partial charge in [0, 0.05) is 16.3 Å². The number of rotatable bonds is 6. The van der Waals surface area contributed by atoms with Gasteiger partial charge in [-0.1, -0.05) is 25.5 Å². The summed E-state index contributed by atoms with van der Waals surface area (Å²) in [6.45, 7) is 1.02. The van der Waals surface area contributed by atoms with E-state index in [1.165, 1.54) is 0 Å². The highest BCUT2D eigenvalue weighted by molar-refractivity contribution is 8.45. The molecule has 168 valence electrons. The van der Waals surface area contributed by atoms with Crippen LogP contribution < -0.4 is 5.32 Å². The van der Waals surface area contributed by atoms with E-state index < -0.39 is 44.1 Å². The van der Waals surface area contributed by atoms with Gasteiger partial charge in [-0.25, -0.2) is 0 Å². The Kier molecular flexibility index (Phi) is 5.68. The largest absolute Gasteiger partial charge is 0.416 e. The number of carbonyl (C=O) groups excluding carboxylic acids is 1. The van der Waals surface area contributed by atoms with Crippen LogP contribution in [0.15, 0.2) is 58.3 Å². The van der Waals surface area contributed by atoms with Crippen molar-refractivity contribution in [1.82, 2.24) is 0 Å². The summed E-state index contributed by atoms with van der Waals surface area (Å²) in [6, 6.07) is 5.69. The number of nitrogens with one attached hydrogen (secondary N) is 1. The Bertz CT molecular complexity index is 942. The van der Waals surface area contributed by atoms with Crippen LogP contribution in [0.2, 0.25) is 0 Å². The fourth-order valence-electron chi connectivity index (χ4n) is 2.11. The molecule has 13 heteroatoms. The van der Waals surface area contributed by atoms with Gasteiger partial charge < -0.3 is 10.4 Å². The number of halogens is 8. The molecular weight excluding hydrogens is 466 g/mol. The first-order chi connectivity index (χ1) is 13.3. The van der Waals surface area contributed by atoms with Gasteiger partial charge in [0.15, 0.2) is 0 Å². The molecule has 1 unspecified atom stereocenters. The van der Waals surface area contributed by atoms with Crippen molar-refractivity contribution in [2.24, 2.45) is 0 Å². The monoisotopic (exact) mass is 481 g/mol. The number of alkyl halides is 3. The van der Waals surface area contributed by atoms with E-state index in [0.29, 0.717) is 11.0 Å². The number of aliphatic hydroxyl groups is 1. The number of amides is 1. The molecule has 2 aromatic carbocycles. The fraction of sp³-hybridized carbons (Fsp3) is 0.235. The summed E-state index contributed by atoms with van der Waals surface area (Å²) < 4.78 is 102. The van der Waals surface area contributed by atoms with Crippen LogP contribution in [0, 0.1) is 0 Å². The van der Waals surface area contributed by atoms with Gasteiger partial charge in [0.05, 0.1) is 5.56 Å². The van der Waals surface area contributed by atoms with Gasteiger partial charge in [0.2, 0.25) is 0 Å². The molecule has 0 saturated carbocycles. The predicted molar refractivity (Wildman–Crippen MR) is 99.3 cm³/mol. The lowest BCUT2D eigenvalue weighted by atomic mass is 10.1. The quantitative estimate of drug-likeness (QED) is 0.351. The van der Waals surface area contributed by atoms with Crippen LogP contribution in [-0.2, 0) is 11.0 Å². The number of anilines is 1. The standard InChI is InChI=1S/C17H15F8NO2S2/c1-16(28,10-29-13-7-5-11(6-8-13)17(18,19)20)15(27)26-12-3-2-4-14(9-12)30(21,22,23,24)25/h2-9,28H,10H2,1H3,(H,26,27). The van der Waals surface area contributed by atoms with Crippen molar-refractivity contribution in [1.29, 1.82) is 0 Å². The second-order valence-electron chi connectivity index (χ2n) is 6.54. The van der Waals surface area contributed by atoms with Gasteiger partial charge in [0.25, 0.3) is 5.91 Å². The maximum Gasteiger partial charge on any atom is 0.416 e. The summed E-state index contributed by atoms with van der Waals surface area (Å²) >= 11 is 0.819. The molecule has 0 heterocycles. The van der Waals surface area contributed by atoms with Crippen LogP contribution in [0.5, 0.6) is 0 Å². The molecule has 2 N–H and O–H groups in total. The van der Waals surface area contributed by atoms with Gasteiger partial charge >= 0.3 is 16.4 Å². The molecule has 1 amide bonds. The zero-order valence-corrected chi connectivity index (χ0v) is 16.7. The van der Waals surface area contributed by atoms with Crippen LogP contribution in [0.3, 0.4) is 0 Å². The van der Waals surface area contributed by atoms with E-state index in [0.717, 1.165) is 49.0 Å². The lowest BCUT2D eigenvalue weighted by molar-refractivity contribution is -0.137. The van der Waals surface area contributed by atoms with E-state index in [1.54, 1.807) is 0 Å². The lowest BCUT2D eigenvalue weighted by Gasteiger charge is -2.40. The molecule has 0 aliphatic rings. The topological polar surface area (TPSA) is 49.3 Å². The van der Waals surface area contributed by atoms with Crippen molar-refractivity contribution < 1.29 is 42.5 Å². The number of hydrogen-bond donors (Lipinski definition) is 2. The van der Waals surface area contributed by atoms with Crippen molar-refractivity contribution in [3.05, 3.63) is 54.1 Å². The Labute approximate surface area is 170 Å². The van der Waals surface area contributed by atoms with Crippen molar-refractivity contribution in [3.63, 3.8) is 0 Å². The minimum Gasteiger partial charge on any atom is -0.379 e. The first-order valence-corrected chi connectivity index (χ1v) is 10.9. The average Bonchev–Trinajstić information content (AvgIpc) is 2.58. The molecule has 0 bridgehead atoms. The zero-order valence-electron chi connectivity index (χ0n) is 15.0. The molecule has 3 nitrogen and oxygen atoms in total. The average molecular weight is 481 g/mol. The number of hydrogen-bond acceptors (Lipinski definition) is 3. The van der Waals surface area contributed by atoms with Crippen LogP contribution in [-0.4, -0.2) is 22.4 Å². The van der Waals surface area contributed by atoms with E-state index in [1.807, 2.05) is 5.32 Å². The molecule has 0 radical (unpaired) electrons. The SMILES string of the molecule is CC(O)(CSc1ccc(C(F)(F)F)cc1)C(=O)Nc1cccc(S(F)(F)(F)(F)F)c1. The second-order valence-corrected chi connectivity index (χ2v) is 9.99. The zero-order chi connectivity index (χ0) is 23.1. The minimum absolute atomic E-state index is 0.0541. The van der Waals surface area contributed by atoms with Crippen LogP contribution >= 0.6 is 22.0 Å². The molecule has 0 aliphatic carbocycles. The van der Waals surface area contributed by atoms with E-state index >= 15 is 0 Å². The number of carbonyl (C=O) groups is 1. The third-order valence-electron chi connectivity index (χ3n) is 3.73. The molecule has 1 atom stereocenters. The predicted octanol–water partition coefficient (Wildman–Crippen LogP) is 6.84. The summed E-state index contributed by atoms with van der Waals surface area (Å²) in [6.07, 6.45) is -4.53. The Morgan fingerprint density at radius 2 is 1.60 bits per heavy atom. The summed E-state index contributed by atoms with van der Waals surface area (Å²) in [4.78, 5) is 10.3. The summed E-state index contributed by atoms with van der Waals surface area (Å²) in [5.74, 6) is -1.55. The molecule has 0 aromatic heterocycles. The highest BCUT2D eigenvalue weighted by Gasteiger charge is 2.65. The molecule has 30 heavy (non-hydrogen) atoms. The van der Waals surface area contributed by atoms with Crippen molar-refractivity contribution in [2.45, 2.75) is 28.5 Å². The van der Waals surface area contributed by atoms with Crippen LogP contribution in [0.4, 0.5) is 38.3 Å². The van der Waals surface area contributed by atoms with E-state index in [-0.39, 0.29) is 17.9 Å². The number of benzene rings is 2. The maximum atomic E-state index is 12.9. The number of thioether (sulfide) groups is 1. The normalized spacial score (nSPS) is 16.9. The van der Waals surface area contributed by atoms with Crippen LogP contribution in [0.25, 0.3) is 0 Å². The summed E-state index contributed by atoms with van der Waals surface area (Å²) in [7, 11) is -9.95. The van der Waals surface area contributed by atoms with E-state index in [2.05, 4.69) is 0 Å². The van der Waals surface area contributed by atoms with Gasteiger partial charge in [-0.15, -0.1) is 11.8 Å². The lowest BCUT2D eigenvalue weighted by Crippen LogP contribution is -2.42. The Morgan fingerprint density at radius 1 is 1.03 bits per heavy atom. The van der Waals surface area contributed by atoms with E-state index in [9.17, 15) is 42.5 Å². The van der Waals surface area contributed by atoms with Gasteiger partial charge in [-0.05, 0) is 49.4 Å². The molecule has 0 aliphatic heterocycles. The maximum absolute atomic E-state index is 12.9. The Balaban J connectivity index is 2.08. The summed E-state index contributed by atoms with van der Waals surface area (Å²) in [5.41, 5.74) is -3.66. The van der Waals surface area contributed by atoms with Gasteiger partial charge in [0.1, 0.15) is 10.5 Å². The third kappa shape index (κ3) is 6.51. The summed E-state index contributed by atoms with van der Waals surface area (Å²) in [5, 5.41) is 12.2. The van der Waals surface area contributed by atoms with Gasteiger partial charge in [-0.2, -0.15) is 13.2 Å². The molecule has 0 spiro atoms. The van der Waals surface area contributed by atoms with Crippen molar-refractivity contribution >= 4 is 33.6 Å². The first kappa shape index (κ1) is 24.3. The third-order valence-corrected chi connectivity index (χ3v) is 6.18. The molecular formula is C17H15F8NO2S2. The van der Waals surface area contributed by atoms with E-state index in [4.69, 9.17) is 0 Å². The fourth-order valence-corrected chi connectivity index (χ4v) is 3.70. The van der Waals surface area contributed by atoms with Crippen LogP contribution in [0.1, 0.15) is 12.5 Å². The Hall–Kier alpha value is -1.99. The highest BCUT2D eigenvalue weighted by atomic mass is 32.5. The van der Waals surface area contributed by atoms with Gasteiger partial charge in [-0.3, -0.25) is 4.79 Å². The Morgan fingerprint density at radius 3 is 2.10 bits per heavy atom. The first-order valence-electron chi connectivity index (χ1n) is 7.96. The molecule has 0 fully saturated rings. The van der Waals surface area contributed by atoms with Crippen molar-refractivity contribution in [3.8, 4) is 0 Å². The smallest absolute Gasteiger partial charge is 0.379 e. The van der Waals surface area contributed by atoms with Crippen molar-refractivity contribution in [2.75, 3.05) is 11.1 Å². The molecule has 0 saturated heterocycles. The highest BCUT2D eigenvalue weighted by Crippen LogP contribution is 3.02. The minimum atomic E-state index is -9.95.